The standard InChI is InChI=1S/C19H32N4O2/c1-6-7-8-9-14(2)22-19(20-4)21-13-16-10-11-18(25-5)17(12-16)23-15(3)24/h10-12,14H,6-9,13H2,1-5H3,(H,23,24)(H2,20,21,22). The summed E-state index contributed by atoms with van der Waals surface area (Å²) in [5, 5.41) is 9.51. The van der Waals surface area contributed by atoms with Gasteiger partial charge in [0.2, 0.25) is 5.91 Å². The number of nitrogens with zero attached hydrogens (tertiary/aromatic N) is 1. The van der Waals surface area contributed by atoms with Crippen LogP contribution >= 0.6 is 0 Å². The number of anilines is 1. The van der Waals surface area contributed by atoms with E-state index in [2.05, 4.69) is 34.8 Å². The van der Waals surface area contributed by atoms with Gasteiger partial charge in [-0.05, 0) is 31.0 Å². The largest absolute Gasteiger partial charge is 0.495 e. The molecular weight excluding hydrogens is 316 g/mol. The molecule has 0 saturated carbocycles. The van der Waals surface area contributed by atoms with Crippen LogP contribution < -0.4 is 20.7 Å². The van der Waals surface area contributed by atoms with E-state index in [1.165, 1.54) is 26.2 Å². The fourth-order valence-electron chi connectivity index (χ4n) is 2.54. The number of aliphatic imine (C=N–C) groups is 1. The summed E-state index contributed by atoms with van der Waals surface area (Å²) in [7, 11) is 3.36. The minimum absolute atomic E-state index is 0.123. The van der Waals surface area contributed by atoms with Crippen molar-refractivity contribution in [3.63, 3.8) is 0 Å². The summed E-state index contributed by atoms with van der Waals surface area (Å²) in [6, 6.07) is 6.11. The van der Waals surface area contributed by atoms with Gasteiger partial charge in [-0.2, -0.15) is 0 Å². The minimum Gasteiger partial charge on any atom is -0.495 e. The fraction of sp³-hybridized carbons (Fsp3) is 0.579. The molecule has 1 aromatic carbocycles. The second-order valence-corrected chi connectivity index (χ2v) is 6.18. The zero-order valence-corrected chi connectivity index (χ0v) is 16.1. The third-order valence-electron chi connectivity index (χ3n) is 3.88. The molecule has 0 heterocycles. The number of guanidine groups is 1. The fourth-order valence-corrected chi connectivity index (χ4v) is 2.54. The molecule has 0 bridgehead atoms. The number of carbonyl (C=O) groups excluding carboxylic acids is 1. The van der Waals surface area contributed by atoms with Gasteiger partial charge in [0, 0.05) is 26.6 Å². The van der Waals surface area contributed by atoms with Crippen molar-refractivity contribution in [2.24, 2.45) is 4.99 Å². The zero-order chi connectivity index (χ0) is 18.7. The van der Waals surface area contributed by atoms with Crippen LogP contribution in [0.15, 0.2) is 23.2 Å². The average molecular weight is 348 g/mol. The highest BCUT2D eigenvalue weighted by molar-refractivity contribution is 5.90. The van der Waals surface area contributed by atoms with Crippen LogP contribution in [0.5, 0.6) is 5.75 Å². The van der Waals surface area contributed by atoms with Crippen LogP contribution in [-0.2, 0) is 11.3 Å². The number of benzene rings is 1. The molecule has 3 N–H and O–H groups in total. The van der Waals surface area contributed by atoms with Gasteiger partial charge in [0.1, 0.15) is 5.75 Å². The maximum Gasteiger partial charge on any atom is 0.221 e. The van der Waals surface area contributed by atoms with Gasteiger partial charge in [0.15, 0.2) is 5.96 Å². The molecular formula is C19H32N4O2. The molecule has 1 unspecified atom stereocenters. The lowest BCUT2D eigenvalue weighted by Crippen LogP contribution is -2.41. The lowest BCUT2D eigenvalue weighted by Gasteiger charge is -2.18. The van der Waals surface area contributed by atoms with Crippen molar-refractivity contribution >= 4 is 17.6 Å². The number of ether oxygens (including phenoxy) is 1. The predicted molar refractivity (Wildman–Crippen MR) is 104 cm³/mol. The highest BCUT2D eigenvalue weighted by atomic mass is 16.5. The molecule has 1 aromatic rings. The van der Waals surface area contributed by atoms with Gasteiger partial charge in [-0.15, -0.1) is 0 Å². The maximum atomic E-state index is 11.3. The van der Waals surface area contributed by atoms with E-state index in [-0.39, 0.29) is 5.91 Å². The van der Waals surface area contributed by atoms with Gasteiger partial charge in [0.05, 0.1) is 12.8 Å². The molecule has 1 rings (SSSR count). The second kappa shape index (κ2) is 11.3. The molecule has 1 atom stereocenters. The molecule has 0 fully saturated rings. The third kappa shape index (κ3) is 7.92. The molecule has 0 aromatic heterocycles. The van der Waals surface area contributed by atoms with Crippen LogP contribution in [0.3, 0.4) is 0 Å². The Morgan fingerprint density at radius 2 is 2.08 bits per heavy atom. The summed E-state index contributed by atoms with van der Waals surface area (Å²) in [6.07, 6.45) is 4.84. The number of rotatable bonds is 9. The smallest absolute Gasteiger partial charge is 0.221 e. The van der Waals surface area contributed by atoms with Crippen molar-refractivity contribution in [1.29, 1.82) is 0 Å². The highest BCUT2D eigenvalue weighted by Crippen LogP contribution is 2.25. The van der Waals surface area contributed by atoms with E-state index < -0.39 is 0 Å². The first-order chi connectivity index (χ1) is 12.0. The number of amides is 1. The summed E-state index contributed by atoms with van der Waals surface area (Å²) in [5.41, 5.74) is 1.70. The van der Waals surface area contributed by atoms with E-state index in [9.17, 15) is 4.79 Å². The number of hydrogen-bond acceptors (Lipinski definition) is 3. The molecule has 0 radical (unpaired) electrons. The van der Waals surface area contributed by atoms with E-state index in [1.54, 1.807) is 14.2 Å². The molecule has 6 heteroatoms. The number of methoxy groups -OCH3 is 1. The predicted octanol–water partition coefficient (Wildman–Crippen LogP) is 3.29. The lowest BCUT2D eigenvalue weighted by atomic mass is 10.1. The van der Waals surface area contributed by atoms with E-state index in [0.29, 0.717) is 24.0 Å². The van der Waals surface area contributed by atoms with Crippen LogP contribution in [0.25, 0.3) is 0 Å². The zero-order valence-electron chi connectivity index (χ0n) is 16.1. The van der Waals surface area contributed by atoms with Crippen LogP contribution in [-0.4, -0.2) is 32.1 Å². The monoisotopic (exact) mass is 348 g/mol. The SMILES string of the molecule is CCCCCC(C)NC(=NC)NCc1ccc(OC)c(NC(C)=O)c1. The highest BCUT2D eigenvalue weighted by Gasteiger charge is 2.08. The maximum absolute atomic E-state index is 11.3. The Labute approximate surface area is 151 Å². The van der Waals surface area contributed by atoms with Crippen LogP contribution in [0.2, 0.25) is 0 Å². The Morgan fingerprint density at radius 3 is 2.68 bits per heavy atom. The van der Waals surface area contributed by atoms with Gasteiger partial charge >= 0.3 is 0 Å². The van der Waals surface area contributed by atoms with E-state index in [1.807, 2.05) is 18.2 Å². The molecule has 6 nitrogen and oxygen atoms in total. The third-order valence-corrected chi connectivity index (χ3v) is 3.88. The Bertz CT molecular complexity index is 573. The number of unbranched alkanes of at least 4 members (excludes halogenated alkanes) is 2. The molecule has 0 spiro atoms. The Morgan fingerprint density at radius 1 is 1.32 bits per heavy atom. The minimum atomic E-state index is -0.123. The van der Waals surface area contributed by atoms with Crippen LogP contribution in [0.4, 0.5) is 5.69 Å². The van der Waals surface area contributed by atoms with Crippen molar-refractivity contribution in [2.75, 3.05) is 19.5 Å². The van der Waals surface area contributed by atoms with Gasteiger partial charge in [-0.25, -0.2) is 0 Å². The van der Waals surface area contributed by atoms with Gasteiger partial charge in [0.25, 0.3) is 0 Å². The van der Waals surface area contributed by atoms with Gasteiger partial charge < -0.3 is 20.7 Å². The van der Waals surface area contributed by atoms with Crippen molar-refractivity contribution < 1.29 is 9.53 Å². The molecule has 0 aliphatic heterocycles. The molecule has 140 valence electrons. The van der Waals surface area contributed by atoms with E-state index in [0.717, 1.165) is 17.9 Å². The van der Waals surface area contributed by atoms with Crippen LogP contribution in [0.1, 0.15) is 52.0 Å². The molecule has 0 aliphatic rings. The Balaban J connectivity index is 2.61. The molecule has 1 amide bonds. The van der Waals surface area contributed by atoms with Crippen LogP contribution in [0, 0.1) is 0 Å². The average Bonchev–Trinajstić information content (AvgIpc) is 2.58. The van der Waals surface area contributed by atoms with Crippen molar-refractivity contribution in [1.82, 2.24) is 10.6 Å². The quantitative estimate of drug-likeness (QED) is 0.364. The summed E-state index contributed by atoms with van der Waals surface area (Å²) < 4.78 is 5.28. The number of hydrogen-bond donors (Lipinski definition) is 3. The normalized spacial score (nSPS) is 12.4. The second-order valence-electron chi connectivity index (χ2n) is 6.18. The first-order valence-electron chi connectivity index (χ1n) is 8.91. The summed E-state index contributed by atoms with van der Waals surface area (Å²) in [4.78, 5) is 15.6. The first-order valence-corrected chi connectivity index (χ1v) is 8.91. The van der Waals surface area contributed by atoms with E-state index in [4.69, 9.17) is 4.74 Å². The molecule has 25 heavy (non-hydrogen) atoms. The van der Waals surface area contributed by atoms with Crippen molar-refractivity contribution in [3.05, 3.63) is 23.8 Å². The van der Waals surface area contributed by atoms with E-state index >= 15 is 0 Å². The number of nitrogens with one attached hydrogen (secondary N) is 3. The number of carbonyl (C=O) groups is 1. The topological polar surface area (TPSA) is 74.8 Å². The summed E-state index contributed by atoms with van der Waals surface area (Å²) in [5.74, 6) is 1.30. The summed E-state index contributed by atoms with van der Waals surface area (Å²) >= 11 is 0. The van der Waals surface area contributed by atoms with Gasteiger partial charge in [-0.3, -0.25) is 9.79 Å². The first kappa shape index (κ1) is 20.8. The molecule has 0 aliphatic carbocycles. The van der Waals surface area contributed by atoms with Crippen molar-refractivity contribution in [2.45, 2.75) is 59.0 Å². The van der Waals surface area contributed by atoms with Crippen molar-refractivity contribution in [3.8, 4) is 5.75 Å². The van der Waals surface area contributed by atoms with Gasteiger partial charge in [-0.1, -0.05) is 32.3 Å². The summed E-state index contributed by atoms with van der Waals surface area (Å²) in [6.45, 7) is 6.47. The molecule has 0 saturated heterocycles. The Hall–Kier alpha value is -2.24. The Kier molecular flexibility index (Phi) is 9.43. The lowest BCUT2D eigenvalue weighted by molar-refractivity contribution is -0.114.